The Morgan fingerprint density at radius 3 is 2.22 bits per heavy atom. The van der Waals surface area contributed by atoms with Gasteiger partial charge in [0, 0.05) is 38.8 Å². The lowest BCUT2D eigenvalue weighted by molar-refractivity contribution is 0.187. The molecule has 0 bridgehead atoms. The number of aliphatic hydroxyl groups is 1. The van der Waals surface area contributed by atoms with E-state index in [1.54, 1.807) is 24.3 Å². The number of ether oxygens (including phenoxy) is 2. The first kappa shape index (κ1) is 22.1. The minimum Gasteiger partial charge on any atom is -0.490 e. The van der Waals surface area contributed by atoms with E-state index >= 15 is 0 Å². The van der Waals surface area contributed by atoms with Gasteiger partial charge >= 0.3 is 0 Å². The fourth-order valence-electron chi connectivity index (χ4n) is 2.30. The second kappa shape index (κ2) is 9.85. The molecule has 27 heavy (non-hydrogen) atoms. The van der Waals surface area contributed by atoms with Crippen molar-refractivity contribution in [2.75, 3.05) is 13.2 Å². The highest BCUT2D eigenvalue weighted by atomic mass is 35.5. The summed E-state index contributed by atoms with van der Waals surface area (Å²) in [5, 5.41) is 14.3. The molecule has 0 aromatic heterocycles. The highest BCUT2D eigenvalue weighted by Gasteiger charge is 2.18. The molecule has 2 N–H and O–H groups in total. The number of hydrogen-bond donors (Lipinski definition) is 2. The zero-order chi connectivity index (χ0) is 20.0. The largest absolute Gasteiger partial charge is 0.490 e. The molecule has 0 aliphatic heterocycles. The molecule has 2 aromatic rings. The van der Waals surface area contributed by atoms with E-state index in [0.717, 1.165) is 5.56 Å². The lowest BCUT2D eigenvalue weighted by atomic mass is 10.1. The van der Waals surface area contributed by atoms with Gasteiger partial charge in [-0.3, -0.25) is 0 Å². The van der Waals surface area contributed by atoms with Crippen LogP contribution in [-0.2, 0) is 13.2 Å². The van der Waals surface area contributed by atoms with E-state index in [2.05, 4.69) is 5.32 Å². The van der Waals surface area contributed by atoms with Gasteiger partial charge in [0.05, 0.1) is 13.2 Å². The van der Waals surface area contributed by atoms with Crippen molar-refractivity contribution in [1.82, 2.24) is 5.32 Å². The van der Waals surface area contributed by atoms with Gasteiger partial charge in [-0.25, -0.2) is 0 Å². The molecule has 7 heteroatoms. The summed E-state index contributed by atoms with van der Waals surface area (Å²) < 4.78 is 11.6. The topological polar surface area (TPSA) is 50.7 Å². The smallest absolute Gasteiger partial charge is 0.163 e. The van der Waals surface area contributed by atoms with Gasteiger partial charge in [0.15, 0.2) is 11.5 Å². The van der Waals surface area contributed by atoms with Crippen LogP contribution in [0.2, 0.25) is 15.1 Å². The van der Waals surface area contributed by atoms with Crippen LogP contribution in [0.1, 0.15) is 31.9 Å². The third kappa shape index (κ3) is 6.16. The maximum atomic E-state index is 9.39. The minimum absolute atomic E-state index is 0.0166. The molecule has 2 aromatic carbocycles. The highest BCUT2D eigenvalue weighted by molar-refractivity contribution is 6.36. The molecule has 0 saturated carbocycles. The van der Waals surface area contributed by atoms with Crippen LogP contribution in [0, 0.1) is 0 Å². The average molecular weight is 433 g/mol. The summed E-state index contributed by atoms with van der Waals surface area (Å²) in [5.74, 6) is 1.10. The highest BCUT2D eigenvalue weighted by Crippen LogP contribution is 2.35. The van der Waals surface area contributed by atoms with Crippen LogP contribution < -0.4 is 14.8 Å². The first-order valence-corrected chi connectivity index (χ1v) is 9.77. The van der Waals surface area contributed by atoms with Crippen molar-refractivity contribution >= 4 is 34.8 Å². The molecule has 0 saturated heterocycles. The maximum Gasteiger partial charge on any atom is 0.163 e. The lowest BCUT2D eigenvalue weighted by Crippen LogP contribution is -2.42. The number of halogens is 3. The monoisotopic (exact) mass is 431 g/mol. The van der Waals surface area contributed by atoms with Gasteiger partial charge in [0.25, 0.3) is 0 Å². The zero-order valence-corrected chi connectivity index (χ0v) is 17.9. The second-order valence-electron chi connectivity index (χ2n) is 6.71. The van der Waals surface area contributed by atoms with Crippen LogP contribution in [0.3, 0.4) is 0 Å². The summed E-state index contributed by atoms with van der Waals surface area (Å²) in [6.45, 7) is 6.91. The molecule has 0 aliphatic carbocycles. The Morgan fingerprint density at radius 1 is 1.00 bits per heavy atom. The summed E-state index contributed by atoms with van der Waals surface area (Å²) >= 11 is 18.8. The molecule has 0 amide bonds. The van der Waals surface area contributed by atoms with Gasteiger partial charge in [0.1, 0.15) is 6.61 Å². The number of benzene rings is 2. The summed E-state index contributed by atoms with van der Waals surface area (Å²) in [4.78, 5) is 0. The van der Waals surface area contributed by atoms with E-state index < -0.39 is 5.54 Å². The fourth-order valence-corrected chi connectivity index (χ4v) is 3.03. The Bertz CT molecular complexity index is 761. The summed E-state index contributed by atoms with van der Waals surface area (Å²) in [5.41, 5.74) is 1.14. The van der Waals surface area contributed by atoms with Gasteiger partial charge in [-0.1, -0.05) is 40.9 Å². The molecule has 2 rings (SSSR count). The summed E-state index contributed by atoms with van der Waals surface area (Å²) in [6, 6.07) is 8.88. The quantitative estimate of drug-likeness (QED) is 0.550. The number of aliphatic hydroxyl groups excluding tert-OH is 1. The van der Waals surface area contributed by atoms with Crippen LogP contribution in [-0.4, -0.2) is 23.9 Å². The van der Waals surface area contributed by atoms with Crippen molar-refractivity contribution < 1.29 is 14.6 Å². The average Bonchev–Trinajstić information content (AvgIpc) is 2.62. The van der Waals surface area contributed by atoms with Gasteiger partial charge in [0.2, 0.25) is 0 Å². The predicted octanol–water partition coefficient (Wildman–Crippen LogP) is 5.49. The van der Waals surface area contributed by atoms with Crippen LogP contribution >= 0.6 is 34.8 Å². The lowest BCUT2D eigenvalue weighted by Gasteiger charge is -2.24. The standard InChI is InChI=1S/C20H24Cl3NO3/c1-4-26-18-8-13(10-24-20(2,3)12-25)17(23)9-19(18)27-11-14-15(21)6-5-7-16(14)22/h5-9,24-25H,4,10-12H2,1-3H3. The van der Waals surface area contributed by atoms with Gasteiger partial charge < -0.3 is 19.9 Å². The maximum absolute atomic E-state index is 9.39. The van der Waals surface area contributed by atoms with Crippen LogP contribution in [0.5, 0.6) is 11.5 Å². The Labute approximate surface area is 175 Å². The molecular formula is C20H24Cl3NO3. The van der Waals surface area contributed by atoms with Gasteiger partial charge in [-0.15, -0.1) is 0 Å². The van der Waals surface area contributed by atoms with Gasteiger partial charge in [-0.05, 0) is 44.5 Å². The number of hydrogen-bond acceptors (Lipinski definition) is 4. The van der Waals surface area contributed by atoms with Crippen LogP contribution in [0.4, 0.5) is 0 Å². The molecule has 4 nitrogen and oxygen atoms in total. The summed E-state index contributed by atoms with van der Waals surface area (Å²) in [6.07, 6.45) is 0. The second-order valence-corrected chi connectivity index (χ2v) is 7.93. The molecule has 0 unspecified atom stereocenters. The molecule has 148 valence electrons. The van der Waals surface area contributed by atoms with E-state index in [0.29, 0.717) is 45.3 Å². The van der Waals surface area contributed by atoms with Crippen molar-refractivity contribution in [2.45, 2.75) is 39.5 Å². The van der Waals surface area contributed by atoms with E-state index in [4.69, 9.17) is 44.3 Å². The van der Waals surface area contributed by atoms with Gasteiger partial charge in [-0.2, -0.15) is 0 Å². The molecule has 0 atom stereocenters. The Morgan fingerprint density at radius 2 is 1.63 bits per heavy atom. The number of nitrogens with one attached hydrogen (secondary N) is 1. The van der Waals surface area contributed by atoms with Crippen molar-refractivity contribution in [3.05, 3.63) is 56.5 Å². The van der Waals surface area contributed by atoms with Crippen molar-refractivity contribution in [3.8, 4) is 11.5 Å². The Balaban J connectivity index is 2.22. The van der Waals surface area contributed by atoms with E-state index in [1.807, 2.05) is 26.8 Å². The first-order chi connectivity index (χ1) is 12.8. The fraction of sp³-hybridized carbons (Fsp3) is 0.400. The van der Waals surface area contributed by atoms with E-state index in [-0.39, 0.29) is 13.2 Å². The third-order valence-corrected chi connectivity index (χ3v) is 5.06. The Hall–Kier alpha value is -1.17. The molecule has 0 spiro atoms. The molecular weight excluding hydrogens is 409 g/mol. The molecule has 0 fully saturated rings. The van der Waals surface area contributed by atoms with Crippen molar-refractivity contribution in [3.63, 3.8) is 0 Å². The predicted molar refractivity (Wildman–Crippen MR) is 111 cm³/mol. The molecule has 0 aliphatic rings. The number of rotatable bonds is 9. The Kier molecular flexibility index (Phi) is 8.07. The van der Waals surface area contributed by atoms with Crippen molar-refractivity contribution in [2.24, 2.45) is 0 Å². The van der Waals surface area contributed by atoms with Crippen LogP contribution in [0.25, 0.3) is 0 Å². The van der Waals surface area contributed by atoms with Crippen LogP contribution in [0.15, 0.2) is 30.3 Å². The minimum atomic E-state index is -0.412. The normalized spacial score (nSPS) is 11.5. The zero-order valence-electron chi connectivity index (χ0n) is 15.6. The van der Waals surface area contributed by atoms with E-state index in [9.17, 15) is 5.11 Å². The summed E-state index contributed by atoms with van der Waals surface area (Å²) in [7, 11) is 0. The molecule has 0 radical (unpaired) electrons. The van der Waals surface area contributed by atoms with E-state index in [1.165, 1.54) is 0 Å². The third-order valence-electron chi connectivity index (χ3n) is 4.00. The SMILES string of the molecule is CCOc1cc(CNC(C)(C)CO)c(Cl)cc1OCc1c(Cl)cccc1Cl. The van der Waals surface area contributed by atoms with Crippen molar-refractivity contribution in [1.29, 1.82) is 0 Å². The first-order valence-electron chi connectivity index (χ1n) is 8.64. The molecule has 0 heterocycles.